The van der Waals surface area contributed by atoms with E-state index in [0.29, 0.717) is 6.54 Å². The number of likely N-dealkylation sites (N-methyl/N-ethyl adjacent to an activating group) is 1. The lowest BCUT2D eigenvalue weighted by Gasteiger charge is -2.26. The Balaban J connectivity index is 2.36. The molecular weight excluding hydrogens is 212 g/mol. The molecule has 0 unspecified atom stereocenters. The lowest BCUT2D eigenvalue weighted by molar-refractivity contribution is -0.120. The predicted octanol–water partition coefficient (Wildman–Crippen LogP) is 1.73. The largest absolute Gasteiger partial charge is 0.358 e. The van der Waals surface area contributed by atoms with Crippen LogP contribution >= 0.6 is 0 Å². The van der Waals surface area contributed by atoms with Crippen LogP contribution in [0.2, 0.25) is 0 Å². The van der Waals surface area contributed by atoms with Gasteiger partial charge in [0.05, 0.1) is 6.54 Å². The van der Waals surface area contributed by atoms with Crippen LogP contribution < -0.4 is 10.6 Å². The molecule has 0 aliphatic rings. The summed E-state index contributed by atoms with van der Waals surface area (Å²) in [6.07, 6.45) is 2.03. The second-order valence-electron chi connectivity index (χ2n) is 4.90. The Labute approximate surface area is 104 Å². The highest BCUT2D eigenvalue weighted by Crippen LogP contribution is 2.13. The van der Waals surface area contributed by atoms with Crippen molar-refractivity contribution in [1.82, 2.24) is 10.6 Å². The lowest BCUT2D eigenvalue weighted by atomic mass is 9.95. The molecule has 1 amide bonds. The number of benzene rings is 1. The van der Waals surface area contributed by atoms with E-state index in [1.54, 1.807) is 7.05 Å². The third kappa shape index (κ3) is 5.50. The fourth-order valence-corrected chi connectivity index (χ4v) is 1.60. The molecule has 0 fully saturated rings. The Morgan fingerprint density at radius 1 is 1.24 bits per heavy atom. The van der Waals surface area contributed by atoms with Gasteiger partial charge < -0.3 is 10.6 Å². The van der Waals surface area contributed by atoms with E-state index in [-0.39, 0.29) is 11.4 Å². The lowest BCUT2D eigenvalue weighted by Crippen LogP contribution is -2.44. The molecule has 0 saturated carbocycles. The van der Waals surface area contributed by atoms with Crippen molar-refractivity contribution in [2.24, 2.45) is 0 Å². The number of carbonyl (C=O) groups excluding carboxylic acids is 1. The maximum absolute atomic E-state index is 11.2. The van der Waals surface area contributed by atoms with Crippen molar-refractivity contribution in [2.75, 3.05) is 13.6 Å². The second kappa shape index (κ2) is 6.40. The van der Waals surface area contributed by atoms with Gasteiger partial charge in [-0.1, -0.05) is 30.3 Å². The quantitative estimate of drug-likeness (QED) is 0.787. The van der Waals surface area contributed by atoms with Crippen LogP contribution in [0.25, 0.3) is 0 Å². The minimum Gasteiger partial charge on any atom is -0.358 e. The summed E-state index contributed by atoms with van der Waals surface area (Å²) >= 11 is 0. The van der Waals surface area contributed by atoms with Crippen LogP contribution in [0.5, 0.6) is 0 Å². The van der Waals surface area contributed by atoms with Gasteiger partial charge in [0.1, 0.15) is 0 Å². The minimum absolute atomic E-state index is 0.0254. The maximum Gasteiger partial charge on any atom is 0.233 e. The molecule has 0 radical (unpaired) electrons. The molecule has 0 saturated heterocycles. The summed E-state index contributed by atoms with van der Waals surface area (Å²) in [6.45, 7) is 4.62. The highest BCUT2D eigenvalue weighted by molar-refractivity contribution is 5.77. The number of carbonyl (C=O) groups is 1. The Morgan fingerprint density at radius 2 is 1.88 bits per heavy atom. The van der Waals surface area contributed by atoms with E-state index >= 15 is 0 Å². The third-order valence-corrected chi connectivity index (χ3v) is 2.89. The fourth-order valence-electron chi connectivity index (χ4n) is 1.60. The Kier molecular flexibility index (Phi) is 5.16. The molecule has 2 N–H and O–H groups in total. The first-order chi connectivity index (χ1) is 8.03. The van der Waals surface area contributed by atoms with E-state index in [2.05, 4.69) is 48.7 Å². The van der Waals surface area contributed by atoms with Crippen molar-refractivity contribution >= 4 is 5.91 Å². The van der Waals surface area contributed by atoms with Crippen molar-refractivity contribution < 1.29 is 4.79 Å². The van der Waals surface area contributed by atoms with Crippen LogP contribution in [-0.4, -0.2) is 25.0 Å². The van der Waals surface area contributed by atoms with Gasteiger partial charge in [-0.3, -0.25) is 4.79 Å². The number of hydrogen-bond acceptors (Lipinski definition) is 2. The van der Waals surface area contributed by atoms with Crippen molar-refractivity contribution in [3.63, 3.8) is 0 Å². The summed E-state index contributed by atoms with van der Waals surface area (Å²) in [4.78, 5) is 11.2. The van der Waals surface area contributed by atoms with Gasteiger partial charge in [-0.25, -0.2) is 0 Å². The molecule has 94 valence electrons. The smallest absolute Gasteiger partial charge is 0.233 e. The molecule has 0 spiro atoms. The first-order valence-electron chi connectivity index (χ1n) is 6.03. The van der Waals surface area contributed by atoms with Gasteiger partial charge in [0.15, 0.2) is 0 Å². The molecule has 3 heteroatoms. The van der Waals surface area contributed by atoms with Gasteiger partial charge in [0, 0.05) is 12.6 Å². The van der Waals surface area contributed by atoms with E-state index in [1.807, 2.05) is 6.07 Å². The summed E-state index contributed by atoms with van der Waals surface area (Å²) < 4.78 is 0. The second-order valence-corrected chi connectivity index (χ2v) is 4.90. The molecule has 0 heterocycles. The summed E-state index contributed by atoms with van der Waals surface area (Å²) in [7, 11) is 1.65. The summed E-state index contributed by atoms with van der Waals surface area (Å²) in [6, 6.07) is 10.4. The van der Waals surface area contributed by atoms with Crippen LogP contribution in [0.4, 0.5) is 0 Å². The zero-order valence-corrected chi connectivity index (χ0v) is 10.9. The molecule has 1 aromatic rings. The number of nitrogens with one attached hydrogen (secondary N) is 2. The number of amides is 1. The molecular formula is C14H22N2O. The SMILES string of the molecule is CNC(=O)CNC(C)(C)CCc1ccccc1. The molecule has 0 bridgehead atoms. The van der Waals surface area contributed by atoms with E-state index in [1.165, 1.54) is 5.56 Å². The molecule has 3 nitrogen and oxygen atoms in total. The van der Waals surface area contributed by atoms with Crippen LogP contribution in [-0.2, 0) is 11.2 Å². The van der Waals surface area contributed by atoms with Crippen molar-refractivity contribution in [3.8, 4) is 0 Å². The van der Waals surface area contributed by atoms with Crippen LogP contribution in [0.15, 0.2) is 30.3 Å². The minimum atomic E-state index is -0.0254. The average molecular weight is 234 g/mol. The normalized spacial score (nSPS) is 11.2. The van der Waals surface area contributed by atoms with E-state index in [0.717, 1.165) is 12.8 Å². The average Bonchev–Trinajstić information content (AvgIpc) is 2.35. The van der Waals surface area contributed by atoms with Crippen molar-refractivity contribution in [3.05, 3.63) is 35.9 Å². The molecule has 0 atom stereocenters. The zero-order valence-electron chi connectivity index (χ0n) is 10.9. The van der Waals surface area contributed by atoms with E-state index in [9.17, 15) is 4.79 Å². The monoisotopic (exact) mass is 234 g/mol. The molecule has 17 heavy (non-hydrogen) atoms. The first kappa shape index (κ1) is 13.7. The predicted molar refractivity (Wildman–Crippen MR) is 70.9 cm³/mol. The van der Waals surface area contributed by atoms with Gasteiger partial charge in [0.2, 0.25) is 5.91 Å². The van der Waals surface area contributed by atoms with Crippen LogP contribution in [0.1, 0.15) is 25.8 Å². The van der Waals surface area contributed by atoms with Gasteiger partial charge in [-0.2, -0.15) is 0 Å². The molecule has 0 aliphatic heterocycles. The highest BCUT2D eigenvalue weighted by atomic mass is 16.1. The van der Waals surface area contributed by atoms with Gasteiger partial charge in [0.25, 0.3) is 0 Å². The highest BCUT2D eigenvalue weighted by Gasteiger charge is 2.17. The Bertz CT molecular complexity index is 346. The number of hydrogen-bond donors (Lipinski definition) is 2. The van der Waals surface area contributed by atoms with E-state index < -0.39 is 0 Å². The summed E-state index contributed by atoms with van der Waals surface area (Å²) in [5, 5.41) is 5.88. The third-order valence-electron chi connectivity index (χ3n) is 2.89. The maximum atomic E-state index is 11.2. The Hall–Kier alpha value is -1.35. The fraction of sp³-hybridized carbons (Fsp3) is 0.500. The van der Waals surface area contributed by atoms with Crippen LogP contribution in [0, 0.1) is 0 Å². The summed E-state index contributed by atoms with van der Waals surface area (Å²) in [5.41, 5.74) is 1.31. The van der Waals surface area contributed by atoms with Crippen molar-refractivity contribution in [2.45, 2.75) is 32.2 Å². The standard InChI is InChI=1S/C14H22N2O/c1-14(2,16-11-13(17)15-3)10-9-12-7-5-4-6-8-12/h4-8,16H,9-11H2,1-3H3,(H,15,17). The molecule has 1 aromatic carbocycles. The number of aryl methyl sites for hydroxylation is 1. The molecule has 1 rings (SSSR count). The number of rotatable bonds is 6. The summed E-state index contributed by atoms with van der Waals surface area (Å²) in [5.74, 6) is 0.0257. The van der Waals surface area contributed by atoms with Crippen molar-refractivity contribution in [1.29, 1.82) is 0 Å². The van der Waals surface area contributed by atoms with E-state index in [4.69, 9.17) is 0 Å². The molecule has 0 aromatic heterocycles. The first-order valence-corrected chi connectivity index (χ1v) is 6.03. The molecule has 0 aliphatic carbocycles. The van der Waals surface area contributed by atoms with Crippen LogP contribution in [0.3, 0.4) is 0 Å². The Morgan fingerprint density at radius 3 is 2.47 bits per heavy atom. The van der Waals surface area contributed by atoms with Gasteiger partial charge in [-0.05, 0) is 32.3 Å². The van der Waals surface area contributed by atoms with Gasteiger partial charge in [-0.15, -0.1) is 0 Å². The van der Waals surface area contributed by atoms with Gasteiger partial charge >= 0.3 is 0 Å². The zero-order chi connectivity index (χ0) is 12.7. The topological polar surface area (TPSA) is 41.1 Å².